The van der Waals surface area contributed by atoms with Gasteiger partial charge in [0.05, 0.1) is 17.6 Å². The molecule has 1 aliphatic carbocycles. The molecule has 5 N–H and O–H groups in total. The number of carbonyl (C=O) groups is 1. The topological polar surface area (TPSA) is 136 Å². The Morgan fingerprint density at radius 3 is 2.88 bits per heavy atom. The molecule has 0 unspecified atom stereocenters. The first-order valence-electron chi connectivity index (χ1n) is 10.7. The molecule has 32 heavy (non-hydrogen) atoms. The summed E-state index contributed by atoms with van der Waals surface area (Å²) in [4.78, 5) is 18.7. The van der Waals surface area contributed by atoms with Crippen molar-refractivity contribution in [2.45, 2.75) is 32.2 Å². The zero-order valence-electron chi connectivity index (χ0n) is 18.2. The summed E-state index contributed by atoms with van der Waals surface area (Å²) in [7, 11) is 1.94. The fourth-order valence-corrected chi connectivity index (χ4v) is 3.39. The van der Waals surface area contributed by atoms with Gasteiger partial charge in [0, 0.05) is 44.4 Å². The van der Waals surface area contributed by atoms with Gasteiger partial charge < -0.3 is 26.6 Å². The van der Waals surface area contributed by atoms with Crippen LogP contribution in [0.15, 0.2) is 30.5 Å². The number of likely N-dealkylation sites (N-methyl/N-ethyl adjacent to an activating group) is 1. The highest BCUT2D eigenvalue weighted by molar-refractivity contribution is 5.95. The highest BCUT2D eigenvalue weighted by Gasteiger charge is 2.23. The number of carbonyl (C=O) groups excluding carboxylic acids is 1. The highest BCUT2D eigenvalue weighted by Crippen LogP contribution is 2.31. The molecule has 2 aromatic heterocycles. The van der Waals surface area contributed by atoms with E-state index in [2.05, 4.69) is 32.1 Å². The van der Waals surface area contributed by atoms with Gasteiger partial charge in [-0.2, -0.15) is 14.9 Å². The number of nitrogens with one attached hydrogen (secondary N) is 3. The largest absolute Gasteiger partial charge is 0.372 e. The minimum absolute atomic E-state index is 0.0714. The zero-order valence-corrected chi connectivity index (χ0v) is 18.2. The van der Waals surface area contributed by atoms with Crippen LogP contribution in [0.2, 0.25) is 0 Å². The van der Waals surface area contributed by atoms with Crippen molar-refractivity contribution in [2.75, 3.05) is 41.0 Å². The Balaban J connectivity index is 1.69. The summed E-state index contributed by atoms with van der Waals surface area (Å²) in [6.07, 6.45) is 4.11. The van der Waals surface area contributed by atoms with E-state index in [9.17, 15) is 10.1 Å². The van der Waals surface area contributed by atoms with Gasteiger partial charge in [0.15, 0.2) is 5.65 Å². The van der Waals surface area contributed by atoms with Gasteiger partial charge in [-0.3, -0.25) is 4.79 Å². The highest BCUT2D eigenvalue weighted by atomic mass is 16.1. The normalized spacial score (nSPS) is 12.9. The molecule has 166 valence electrons. The number of aromatic nitrogens is 3. The second kappa shape index (κ2) is 9.11. The molecule has 2 heterocycles. The third-order valence-corrected chi connectivity index (χ3v) is 5.26. The average molecular weight is 434 g/mol. The van der Waals surface area contributed by atoms with Crippen LogP contribution in [0.3, 0.4) is 0 Å². The molecule has 1 aliphatic rings. The molecule has 1 aromatic carbocycles. The van der Waals surface area contributed by atoms with Crippen molar-refractivity contribution in [2.24, 2.45) is 5.73 Å². The van der Waals surface area contributed by atoms with Crippen LogP contribution in [0.1, 0.15) is 31.7 Å². The number of nitrogens with two attached hydrogens (primary N) is 1. The number of rotatable bonds is 9. The van der Waals surface area contributed by atoms with Gasteiger partial charge in [0.2, 0.25) is 5.91 Å². The summed E-state index contributed by atoms with van der Waals surface area (Å²) in [5.74, 6) is 1.28. The Kier molecular flexibility index (Phi) is 6.09. The van der Waals surface area contributed by atoms with Gasteiger partial charge in [-0.25, -0.2) is 4.98 Å². The minimum atomic E-state index is -0.0714. The zero-order chi connectivity index (χ0) is 22.7. The van der Waals surface area contributed by atoms with E-state index in [-0.39, 0.29) is 5.91 Å². The lowest BCUT2D eigenvalue weighted by molar-refractivity contribution is -0.115. The van der Waals surface area contributed by atoms with Crippen molar-refractivity contribution in [3.8, 4) is 6.07 Å². The predicted molar refractivity (Wildman–Crippen MR) is 125 cm³/mol. The van der Waals surface area contributed by atoms with E-state index in [1.807, 2.05) is 43.1 Å². The molecule has 0 aliphatic heterocycles. The SMILES string of the molecule is CCC(=O)Nc1cc(Nc2cc(NC3CC3)n3ncc(C#N)c3n2)ccc1N(C)CCN. The Morgan fingerprint density at radius 2 is 2.19 bits per heavy atom. The van der Waals surface area contributed by atoms with Gasteiger partial charge in [0.1, 0.15) is 23.3 Å². The first kappa shape index (κ1) is 21.4. The molecule has 0 bridgehead atoms. The van der Waals surface area contributed by atoms with Crippen molar-refractivity contribution >= 4 is 40.3 Å². The molecule has 1 saturated carbocycles. The molecule has 0 saturated heterocycles. The second-order valence-corrected chi connectivity index (χ2v) is 7.82. The molecular weight excluding hydrogens is 406 g/mol. The summed E-state index contributed by atoms with van der Waals surface area (Å²) in [5.41, 5.74) is 8.92. The van der Waals surface area contributed by atoms with Crippen LogP contribution in [-0.2, 0) is 4.79 Å². The van der Waals surface area contributed by atoms with Crippen LogP contribution in [-0.4, -0.2) is 46.7 Å². The van der Waals surface area contributed by atoms with Crippen molar-refractivity contribution in [1.82, 2.24) is 14.6 Å². The van der Waals surface area contributed by atoms with Crippen LogP contribution in [0.4, 0.5) is 28.7 Å². The van der Waals surface area contributed by atoms with Gasteiger partial charge in [-0.1, -0.05) is 6.92 Å². The molecular formula is C22H27N9O. The summed E-state index contributed by atoms with van der Waals surface area (Å²) in [5, 5.41) is 23.4. The molecule has 0 atom stereocenters. The Bertz CT molecular complexity index is 1180. The Labute approximate surface area is 186 Å². The lowest BCUT2D eigenvalue weighted by Crippen LogP contribution is -2.26. The molecule has 1 fully saturated rings. The second-order valence-electron chi connectivity index (χ2n) is 7.82. The van der Waals surface area contributed by atoms with E-state index in [1.54, 1.807) is 4.52 Å². The number of nitrogens with zero attached hydrogens (tertiary/aromatic N) is 5. The number of fused-ring (bicyclic) bond motifs is 1. The first-order valence-corrected chi connectivity index (χ1v) is 10.7. The average Bonchev–Trinajstić information content (AvgIpc) is 3.50. The van der Waals surface area contributed by atoms with E-state index in [0.717, 1.165) is 30.0 Å². The quantitative estimate of drug-likeness (QED) is 0.404. The van der Waals surface area contributed by atoms with E-state index in [4.69, 9.17) is 5.73 Å². The van der Waals surface area contributed by atoms with E-state index in [1.165, 1.54) is 6.20 Å². The van der Waals surface area contributed by atoms with Gasteiger partial charge in [-0.15, -0.1) is 0 Å². The number of nitriles is 1. The minimum Gasteiger partial charge on any atom is -0.372 e. The summed E-state index contributed by atoms with van der Waals surface area (Å²) < 4.78 is 1.65. The fourth-order valence-electron chi connectivity index (χ4n) is 3.39. The maximum atomic E-state index is 12.1. The molecule has 4 rings (SSSR count). The molecule has 0 radical (unpaired) electrons. The number of benzene rings is 1. The van der Waals surface area contributed by atoms with Gasteiger partial charge in [-0.05, 0) is 31.0 Å². The van der Waals surface area contributed by atoms with Gasteiger partial charge in [0.25, 0.3) is 0 Å². The fraction of sp³-hybridized carbons (Fsp3) is 0.364. The van der Waals surface area contributed by atoms with Gasteiger partial charge >= 0.3 is 0 Å². The maximum absolute atomic E-state index is 12.1. The van der Waals surface area contributed by atoms with E-state index < -0.39 is 0 Å². The number of hydrogen-bond acceptors (Lipinski definition) is 8. The van der Waals surface area contributed by atoms with Crippen LogP contribution in [0.25, 0.3) is 5.65 Å². The number of amides is 1. The van der Waals surface area contributed by atoms with Crippen LogP contribution >= 0.6 is 0 Å². The molecule has 1 amide bonds. The van der Waals surface area contributed by atoms with E-state index >= 15 is 0 Å². The molecule has 10 nitrogen and oxygen atoms in total. The lowest BCUT2D eigenvalue weighted by atomic mass is 10.2. The number of anilines is 5. The lowest BCUT2D eigenvalue weighted by Gasteiger charge is -2.23. The summed E-state index contributed by atoms with van der Waals surface area (Å²) in [6, 6.07) is 10.2. The Morgan fingerprint density at radius 1 is 1.38 bits per heavy atom. The first-order chi connectivity index (χ1) is 15.5. The van der Waals surface area contributed by atoms with Crippen molar-refractivity contribution in [1.29, 1.82) is 5.26 Å². The maximum Gasteiger partial charge on any atom is 0.224 e. The monoisotopic (exact) mass is 433 g/mol. The molecule has 0 spiro atoms. The third-order valence-electron chi connectivity index (χ3n) is 5.26. The van der Waals surface area contributed by atoms with Crippen molar-refractivity contribution in [3.63, 3.8) is 0 Å². The molecule has 10 heteroatoms. The standard InChI is InChI=1S/C22H27N9O/c1-3-21(32)28-17-10-16(6-7-18(17)30(2)9-8-23)26-19-11-20(27-15-4-5-15)31-22(29-19)14(12-24)13-25-31/h6-7,10-11,13,15,27H,3-5,8-9,23H2,1-2H3,(H,26,29)(H,28,32). The van der Waals surface area contributed by atoms with Crippen molar-refractivity contribution < 1.29 is 4.79 Å². The predicted octanol–water partition coefficient (Wildman–Crippen LogP) is 2.66. The van der Waals surface area contributed by atoms with E-state index in [0.29, 0.717) is 48.3 Å². The van der Waals surface area contributed by atoms with Crippen molar-refractivity contribution in [3.05, 3.63) is 36.0 Å². The summed E-state index contributed by atoms with van der Waals surface area (Å²) in [6.45, 7) is 2.98. The molecule has 3 aromatic rings. The summed E-state index contributed by atoms with van der Waals surface area (Å²) >= 11 is 0. The smallest absolute Gasteiger partial charge is 0.224 e. The van der Waals surface area contributed by atoms with Crippen LogP contribution in [0.5, 0.6) is 0 Å². The Hall–Kier alpha value is -3.84. The number of hydrogen-bond donors (Lipinski definition) is 4. The van der Waals surface area contributed by atoms with Crippen LogP contribution in [0, 0.1) is 11.3 Å². The third kappa shape index (κ3) is 4.58. The van der Waals surface area contributed by atoms with Crippen LogP contribution < -0.4 is 26.6 Å².